The van der Waals surface area contributed by atoms with Gasteiger partial charge in [0.15, 0.2) is 5.71 Å². The van der Waals surface area contributed by atoms with Crippen LogP contribution in [0.4, 0.5) is 11.4 Å². The minimum absolute atomic E-state index is 0.0693. The summed E-state index contributed by atoms with van der Waals surface area (Å²) in [5.41, 5.74) is 4.11. The third-order valence-corrected chi connectivity index (χ3v) is 8.57. The maximum atomic E-state index is 11.5. The van der Waals surface area contributed by atoms with Crippen LogP contribution in [0.15, 0.2) is 60.6 Å². The van der Waals surface area contributed by atoms with Crippen LogP contribution in [0.5, 0.6) is 0 Å². The average Bonchev–Trinajstić information content (AvgIpc) is 3.16. The van der Waals surface area contributed by atoms with Gasteiger partial charge < -0.3 is 4.90 Å². The minimum atomic E-state index is -4.17. The summed E-state index contributed by atoms with van der Waals surface area (Å²) in [4.78, 5) is 11.0. The Morgan fingerprint density at radius 3 is 2.21 bits per heavy atom. The molecule has 2 N–H and O–H groups in total. The minimum Gasteiger partial charge on any atom is -0.342 e. The molecule has 0 amide bonds. The highest BCUT2D eigenvalue weighted by atomic mass is 32.2. The standard InChI is InChI=1S/C26H32N4O6S2/c1-25(2)21(29(15-8-17-37(31,32)33)19-9-6-13-27-23(19)25)11-5-12-22-26(3,4)24-20(10-7-14-28-24)30(22)16-18-38(34,35)36/h5-7,9-14H,8,15-18H2,1-4H3,(H-,31,32,33,34,35,36)/p+1. The van der Waals surface area contributed by atoms with Gasteiger partial charge in [0.2, 0.25) is 5.69 Å². The van der Waals surface area contributed by atoms with Gasteiger partial charge in [0.1, 0.15) is 12.2 Å². The van der Waals surface area contributed by atoms with Crippen molar-refractivity contribution in [3.63, 3.8) is 0 Å². The van der Waals surface area contributed by atoms with Crippen molar-refractivity contribution in [1.82, 2.24) is 9.97 Å². The Morgan fingerprint density at radius 2 is 1.55 bits per heavy atom. The number of fused-ring (bicyclic) bond motifs is 2. The molecule has 2 aromatic rings. The van der Waals surface area contributed by atoms with E-state index >= 15 is 0 Å². The lowest BCUT2D eigenvalue weighted by atomic mass is 9.84. The van der Waals surface area contributed by atoms with Gasteiger partial charge in [-0.25, -0.2) is 0 Å². The lowest BCUT2D eigenvalue weighted by molar-refractivity contribution is -0.437. The van der Waals surface area contributed by atoms with Crippen LogP contribution in [0.1, 0.15) is 45.5 Å². The van der Waals surface area contributed by atoms with Gasteiger partial charge in [-0.05, 0) is 52.0 Å². The Balaban J connectivity index is 1.74. The molecule has 12 heteroatoms. The predicted octanol–water partition coefficient (Wildman–Crippen LogP) is 3.26. The van der Waals surface area contributed by atoms with Crippen LogP contribution >= 0.6 is 0 Å². The van der Waals surface area contributed by atoms with Crippen molar-refractivity contribution in [2.24, 2.45) is 0 Å². The van der Waals surface area contributed by atoms with Crippen LogP contribution in [0, 0.1) is 0 Å². The summed E-state index contributed by atoms with van der Waals surface area (Å²) >= 11 is 0. The summed E-state index contributed by atoms with van der Waals surface area (Å²) < 4.78 is 66.3. The molecule has 0 atom stereocenters. The zero-order valence-corrected chi connectivity index (χ0v) is 23.5. The topological polar surface area (TPSA) is 141 Å². The highest BCUT2D eigenvalue weighted by Gasteiger charge is 2.46. The van der Waals surface area contributed by atoms with E-state index in [9.17, 15) is 25.9 Å². The summed E-state index contributed by atoms with van der Waals surface area (Å²) in [6.07, 6.45) is 9.42. The molecule has 0 aliphatic carbocycles. The van der Waals surface area contributed by atoms with Crippen molar-refractivity contribution >= 4 is 37.3 Å². The van der Waals surface area contributed by atoms with Gasteiger partial charge >= 0.3 is 0 Å². The Kier molecular flexibility index (Phi) is 7.38. The molecule has 10 nitrogen and oxygen atoms in total. The number of anilines is 1. The molecule has 0 aromatic carbocycles. The van der Waals surface area contributed by atoms with Gasteiger partial charge in [-0.15, -0.1) is 0 Å². The van der Waals surface area contributed by atoms with E-state index in [1.54, 1.807) is 18.5 Å². The van der Waals surface area contributed by atoms with E-state index in [0.29, 0.717) is 6.54 Å². The average molecular weight is 562 g/mol. The smallest absolute Gasteiger partial charge is 0.266 e. The molecule has 2 aliphatic heterocycles. The van der Waals surface area contributed by atoms with E-state index in [4.69, 9.17) is 0 Å². The zero-order valence-electron chi connectivity index (χ0n) is 21.9. The molecule has 204 valence electrons. The van der Waals surface area contributed by atoms with E-state index in [0.717, 1.165) is 34.2 Å². The maximum absolute atomic E-state index is 11.5. The molecule has 0 bridgehead atoms. The third kappa shape index (κ3) is 5.58. The molecule has 2 aliphatic rings. The van der Waals surface area contributed by atoms with Crippen molar-refractivity contribution in [2.45, 2.75) is 44.9 Å². The molecule has 0 radical (unpaired) electrons. The van der Waals surface area contributed by atoms with Crippen molar-refractivity contribution in [1.29, 1.82) is 0 Å². The van der Waals surface area contributed by atoms with Crippen molar-refractivity contribution < 1.29 is 30.5 Å². The molecule has 2 aromatic heterocycles. The van der Waals surface area contributed by atoms with Crippen LogP contribution in [0.2, 0.25) is 0 Å². The van der Waals surface area contributed by atoms with Gasteiger partial charge in [-0.2, -0.15) is 21.4 Å². The first-order valence-electron chi connectivity index (χ1n) is 12.3. The number of aromatic nitrogens is 2. The van der Waals surface area contributed by atoms with Crippen molar-refractivity contribution in [2.75, 3.05) is 29.5 Å². The van der Waals surface area contributed by atoms with E-state index in [1.165, 1.54) is 0 Å². The molecule has 4 rings (SSSR count). The molecule has 0 spiro atoms. The molecule has 0 saturated heterocycles. The highest BCUT2D eigenvalue weighted by Crippen LogP contribution is 2.46. The monoisotopic (exact) mass is 561 g/mol. The largest absolute Gasteiger partial charge is 0.342 e. The number of hydrogen-bond donors (Lipinski definition) is 2. The van der Waals surface area contributed by atoms with E-state index in [1.807, 2.05) is 73.6 Å². The fraction of sp³-hybridized carbons (Fsp3) is 0.423. The van der Waals surface area contributed by atoms with E-state index in [-0.39, 0.29) is 18.7 Å². The van der Waals surface area contributed by atoms with E-state index < -0.39 is 36.8 Å². The fourth-order valence-corrected chi connectivity index (χ4v) is 6.20. The summed E-state index contributed by atoms with van der Waals surface area (Å²) in [5.74, 6) is -0.770. The van der Waals surface area contributed by atoms with Gasteiger partial charge in [0.25, 0.3) is 20.2 Å². The Labute approximate surface area is 223 Å². The SMILES string of the molecule is CC1(C)C(/C=C\C=C2/N(CCS(=O)(=O)O)c3cccnc3C2(C)C)=[N+](CCCS(=O)(=O)O)c2cccnc21. The third-order valence-electron chi connectivity index (χ3n) is 7.07. The number of pyridine rings is 2. The summed E-state index contributed by atoms with van der Waals surface area (Å²) in [6.45, 7) is 8.57. The first kappa shape index (κ1) is 28.1. The first-order valence-corrected chi connectivity index (χ1v) is 15.5. The van der Waals surface area contributed by atoms with Gasteiger partial charge in [0, 0.05) is 48.6 Å². The Hall–Kier alpha value is -2.93. The Morgan fingerprint density at radius 1 is 0.921 bits per heavy atom. The van der Waals surface area contributed by atoms with Crippen LogP contribution in [-0.4, -0.2) is 70.8 Å². The fourth-order valence-electron chi connectivity index (χ4n) is 5.29. The molecule has 0 saturated carbocycles. The van der Waals surface area contributed by atoms with Crippen LogP contribution in [0.25, 0.3) is 0 Å². The molecular formula is C26H33N4O6S2+. The zero-order chi connectivity index (χ0) is 27.9. The van der Waals surface area contributed by atoms with Crippen LogP contribution in [-0.2, 0) is 31.1 Å². The second kappa shape index (κ2) is 9.99. The summed E-state index contributed by atoms with van der Waals surface area (Å²) in [7, 11) is -8.25. The van der Waals surface area contributed by atoms with Crippen molar-refractivity contribution in [3.8, 4) is 0 Å². The van der Waals surface area contributed by atoms with Gasteiger partial charge in [-0.1, -0.05) is 6.08 Å². The second-order valence-corrected chi connectivity index (χ2v) is 13.7. The maximum Gasteiger partial charge on any atom is 0.266 e. The lowest BCUT2D eigenvalue weighted by Crippen LogP contribution is -2.30. The number of rotatable bonds is 9. The van der Waals surface area contributed by atoms with Crippen LogP contribution < -0.4 is 4.90 Å². The molecule has 38 heavy (non-hydrogen) atoms. The lowest BCUT2D eigenvalue weighted by Gasteiger charge is -2.26. The molecule has 0 fully saturated rings. The molecule has 4 heterocycles. The quantitative estimate of drug-likeness (QED) is 0.349. The first-order chi connectivity index (χ1) is 17.6. The summed E-state index contributed by atoms with van der Waals surface area (Å²) in [5, 5.41) is 0. The predicted molar refractivity (Wildman–Crippen MR) is 146 cm³/mol. The summed E-state index contributed by atoms with van der Waals surface area (Å²) in [6, 6.07) is 7.44. The molecular weight excluding hydrogens is 528 g/mol. The number of nitrogens with zero attached hydrogens (tertiary/aromatic N) is 4. The number of allylic oxidation sites excluding steroid dienone is 4. The van der Waals surface area contributed by atoms with Gasteiger partial charge in [0.05, 0.1) is 28.3 Å². The van der Waals surface area contributed by atoms with Crippen LogP contribution in [0.3, 0.4) is 0 Å². The normalized spacial score (nSPS) is 19.4. The van der Waals surface area contributed by atoms with Crippen molar-refractivity contribution in [3.05, 3.63) is 72.0 Å². The van der Waals surface area contributed by atoms with E-state index in [2.05, 4.69) is 9.97 Å². The second-order valence-electron chi connectivity index (χ2n) is 10.5. The number of hydrogen-bond acceptors (Lipinski definition) is 7. The Bertz CT molecular complexity index is 1560. The molecule has 0 unspecified atom stereocenters. The highest BCUT2D eigenvalue weighted by molar-refractivity contribution is 7.86. The van der Waals surface area contributed by atoms with Gasteiger partial charge in [-0.3, -0.25) is 19.1 Å².